The van der Waals surface area contributed by atoms with Crippen molar-refractivity contribution in [2.75, 3.05) is 19.5 Å². The fraction of sp³-hybridized carbons (Fsp3) is 0.913. The summed E-state index contributed by atoms with van der Waals surface area (Å²) < 4.78 is 0. The van der Waals surface area contributed by atoms with Crippen LogP contribution in [0.1, 0.15) is 116 Å². The van der Waals surface area contributed by atoms with E-state index in [1.807, 2.05) is 0 Å². The van der Waals surface area contributed by atoms with Crippen molar-refractivity contribution in [3.05, 3.63) is 12.2 Å². The van der Waals surface area contributed by atoms with E-state index in [4.69, 9.17) is 0 Å². The third-order valence-electron chi connectivity index (χ3n) is 4.86. The van der Waals surface area contributed by atoms with Crippen molar-refractivity contribution in [3.63, 3.8) is 0 Å². The van der Waals surface area contributed by atoms with Gasteiger partial charge < -0.3 is 0 Å². The zero-order valence-corrected chi connectivity index (χ0v) is 20.3. The first-order valence-corrected chi connectivity index (χ1v) is 13.5. The van der Waals surface area contributed by atoms with E-state index in [0.29, 0.717) is 0 Å². The Bertz CT molecular complexity index is 250. The summed E-state index contributed by atoms with van der Waals surface area (Å²) in [5.41, 5.74) is 0. The average Bonchev–Trinajstić information content (AvgIpc) is 2.56. The van der Waals surface area contributed by atoms with Gasteiger partial charge in [-0.25, -0.2) is 0 Å². The third kappa shape index (κ3) is 27.0. The van der Waals surface area contributed by atoms with Crippen molar-refractivity contribution in [2.24, 2.45) is 0 Å². The van der Waals surface area contributed by atoms with Gasteiger partial charge in [-0.15, -0.1) is 24.9 Å². The highest BCUT2D eigenvalue weighted by molar-refractivity contribution is 8.93. The van der Waals surface area contributed by atoms with Crippen molar-refractivity contribution in [1.29, 1.82) is 0 Å². The first-order valence-electron chi connectivity index (χ1n) is 11.1. The molecule has 0 amide bonds. The third-order valence-corrected chi connectivity index (χ3v) is 5.80. The van der Waals surface area contributed by atoms with Crippen LogP contribution in [0.15, 0.2) is 12.2 Å². The molecule has 0 saturated carbocycles. The predicted molar refractivity (Wildman–Crippen MR) is 127 cm³/mol. The molecule has 0 unspecified atom stereocenters. The second kappa shape index (κ2) is 24.7. The maximum Gasteiger partial charge on any atom is -0.0150 e. The van der Waals surface area contributed by atoms with Gasteiger partial charge >= 0.3 is 0 Å². The molecular weight excluding hydrogens is 387 g/mol. The molecule has 0 aliphatic carbocycles. The van der Waals surface area contributed by atoms with Crippen LogP contribution in [0.5, 0.6) is 0 Å². The summed E-state index contributed by atoms with van der Waals surface area (Å²) in [5, 5.41) is 0. The molecule has 0 aromatic rings. The lowest BCUT2D eigenvalue weighted by atomic mass is 10.0. The molecule has 0 fully saturated rings. The fourth-order valence-corrected chi connectivity index (χ4v) is 3.78. The Balaban J connectivity index is 0. The first kappa shape index (κ1) is 27.9. The maximum atomic E-state index is 2.41. The van der Waals surface area contributed by atoms with Gasteiger partial charge in [0.25, 0.3) is 0 Å². The van der Waals surface area contributed by atoms with Crippen LogP contribution in [0.25, 0.3) is 0 Å². The van der Waals surface area contributed by atoms with Gasteiger partial charge in [-0.2, -0.15) is 0 Å². The van der Waals surface area contributed by atoms with Crippen LogP contribution in [0.3, 0.4) is 0 Å². The van der Waals surface area contributed by atoms with Crippen LogP contribution in [0.4, 0.5) is 0 Å². The summed E-state index contributed by atoms with van der Waals surface area (Å²) in [4.78, 5) is 0. The van der Waals surface area contributed by atoms with E-state index in [9.17, 15) is 0 Å². The smallest absolute Gasteiger partial charge is 0.0150 e. The molecule has 0 aliphatic heterocycles. The van der Waals surface area contributed by atoms with Gasteiger partial charge in [-0.05, 0) is 32.3 Å². The van der Waals surface area contributed by atoms with Gasteiger partial charge in [0.1, 0.15) is 0 Å². The number of halogens is 1. The monoisotopic (exact) mass is 434 g/mol. The second-order valence-electron chi connectivity index (χ2n) is 7.83. The minimum absolute atomic E-state index is 0. The largest absolute Gasteiger partial charge is 0.114 e. The number of rotatable bonds is 19. The molecule has 0 aromatic carbocycles. The average molecular weight is 436 g/mol. The van der Waals surface area contributed by atoms with Gasteiger partial charge in [0.2, 0.25) is 0 Å². The Morgan fingerprint density at radius 3 is 1.24 bits per heavy atom. The quantitative estimate of drug-likeness (QED) is 0.108. The van der Waals surface area contributed by atoms with Crippen LogP contribution < -0.4 is 0 Å². The fourth-order valence-electron chi connectivity index (χ4n) is 3.21. The van der Waals surface area contributed by atoms with Gasteiger partial charge in [-0.3, -0.25) is 0 Å². The molecular formula is C23H48BrP. The number of hydrogen-bond donors (Lipinski definition) is 0. The van der Waals surface area contributed by atoms with E-state index in [1.54, 1.807) is 0 Å². The molecule has 0 aromatic heterocycles. The van der Waals surface area contributed by atoms with Crippen molar-refractivity contribution in [1.82, 2.24) is 0 Å². The van der Waals surface area contributed by atoms with Gasteiger partial charge in [0.05, 0.1) is 0 Å². The van der Waals surface area contributed by atoms with Crippen LogP contribution >= 0.6 is 24.9 Å². The number of allylic oxidation sites excluding steroid dienone is 2. The molecule has 0 rings (SSSR count). The summed E-state index contributed by atoms with van der Waals surface area (Å²) in [6.07, 6.45) is 30.8. The Morgan fingerprint density at radius 2 is 0.880 bits per heavy atom. The number of hydrogen-bond acceptors (Lipinski definition) is 0. The molecule has 0 radical (unpaired) electrons. The zero-order chi connectivity index (χ0) is 17.7. The van der Waals surface area contributed by atoms with E-state index in [0.717, 1.165) is 0 Å². The molecule has 25 heavy (non-hydrogen) atoms. The zero-order valence-electron chi connectivity index (χ0n) is 17.7. The summed E-state index contributed by atoms with van der Waals surface area (Å²) in [7, 11) is 0.268. The van der Waals surface area contributed by atoms with Crippen molar-refractivity contribution in [2.45, 2.75) is 116 Å². The van der Waals surface area contributed by atoms with Crippen molar-refractivity contribution >= 4 is 24.9 Å². The lowest BCUT2D eigenvalue weighted by Gasteiger charge is -2.03. The Morgan fingerprint density at radius 1 is 0.520 bits per heavy atom. The molecule has 0 bridgehead atoms. The lowest BCUT2D eigenvalue weighted by Crippen LogP contribution is -1.83. The molecule has 0 aliphatic rings. The second-order valence-corrected chi connectivity index (χ2v) is 10.4. The SMILES string of the molecule is Br.CCCCCCCCCCCCCCCCCCC=CCP(C)C. The van der Waals surface area contributed by atoms with Gasteiger partial charge in [0, 0.05) is 0 Å². The summed E-state index contributed by atoms with van der Waals surface area (Å²) in [5.74, 6) is 0. The van der Waals surface area contributed by atoms with Gasteiger partial charge in [-0.1, -0.05) is 115 Å². The normalized spacial score (nSPS) is 11.4. The van der Waals surface area contributed by atoms with E-state index < -0.39 is 0 Å². The molecule has 0 spiro atoms. The summed E-state index contributed by atoms with van der Waals surface area (Å²) in [6, 6.07) is 0. The highest BCUT2D eigenvalue weighted by Gasteiger charge is 1.94. The highest BCUT2D eigenvalue weighted by Crippen LogP contribution is 2.23. The van der Waals surface area contributed by atoms with E-state index in [-0.39, 0.29) is 24.9 Å². The van der Waals surface area contributed by atoms with Crippen LogP contribution in [-0.4, -0.2) is 19.5 Å². The van der Waals surface area contributed by atoms with Gasteiger partial charge in [0.15, 0.2) is 0 Å². The molecule has 2 heteroatoms. The van der Waals surface area contributed by atoms with E-state index in [1.165, 1.54) is 115 Å². The Hall–Kier alpha value is 0.650. The molecule has 0 atom stereocenters. The summed E-state index contributed by atoms with van der Waals surface area (Å²) in [6.45, 7) is 7.01. The molecule has 0 heterocycles. The topological polar surface area (TPSA) is 0 Å². The van der Waals surface area contributed by atoms with Crippen LogP contribution in [0.2, 0.25) is 0 Å². The van der Waals surface area contributed by atoms with E-state index in [2.05, 4.69) is 32.4 Å². The van der Waals surface area contributed by atoms with Crippen LogP contribution in [0, 0.1) is 0 Å². The number of unbranched alkanes of at least 4 members (excludes halogenated alkanes) is 16. The highest BCUT2D eigenvalue weighted by atomic mass is 79.9. The van der Waals surface area contributed by atoms with Crippen LogP contribution in [-0.2, 0) is 0 Å². The Labute approximate surface area is 172 Å². The standard InChI is InChI=1S/C23H47P.BrH/c1-4-5-6-7-8-9-10-11-12-13-14-15-16-17-18-19-20-21-22-23-24(2)3;/h21-22H,4-20,23H2,1-3H3;1H. The molecule has 0 nitrogen and oxygen atoms in total. The van der Waals surface area contributed by atoms with Crippen molar-refractivity contribution in [3.8, 4) is 0 Å². The Kier molecular flexibility index (Phi) is 27.5. The minimum Gasteiger partial charge on any atom is -0.114 e. The maximum absolute atomic E-state index is 2.41. The molecule has 0 N–H and O–H groups in total. The summed E-state index contributed by atoms with van der Waals surface area (Å²) >= 11 is 0. The first-order chi connectivity index (χ1) is 11.8. The molecule has 0 saturated heterocycles. The minimum atomic E-state index is 0. The lowest BCUT2D eigenvalue weighted by molar-refractivity contribution is 0.530. The van der Waals surface area contributed by atoms with Crippen molar-refractivity contribution < 1.29 is 0 Å². The molecule has 152 valence electrons. The van der Waals surface area contributed by atoms with E-state index >= 15 is 0 Å². The predicted octanol–water partition coefficient (Wildman–Crippen LogP) is 9.51.